The smallest absolute Gasteiger partial charge is 0.223 e. The number of carbonyl (C=O) groups is 1. The number of anilines is 3. The summed E-state index contributed by atoms with van der Waals surface area (Å²) < 4.78 is 0. The molecular weight excluding hydrogens is 244 g/mol. The van der Waals surface area contributed by atoms with Gasteiger partial charge in [0.2, 0.25) is 11.9 Å². The Morgan fingerprint density at radius 2 is 2.32 bits per heavy atom. The molecule has 0 aliphatic carbocycles. The van der Waals surface area contributed by atoms with Crippen LogP contribution in [0.5, 0.6) is 0 Å². The number of amides is 1. The normalized spacial score (nSPS) is 15.8. The molecule has 0 radical (unpaired) electrons. The van der Waals surface area contributed by atoms with Crippen LogP contribution in [-0.2, 0) is 4.79 Å². The molecule has 0 bridgehead atoms. The van der Waals surface area contributed by atoms with Crippen molar-refractivity contribution in [1.82, 2.24) is 15.3 Å². The SMILES string of the molecule is CCCNc1cc(N2CCNC(=O)CC2)nc(N)n1. The highest BCUT2D eigenvalue weighted by Gasteiger charge is 2.16. The summed E-state index contributed by atoms with van der Waals surface area (Å²) in [6.45, 7) is 4.94. The van der Waals surface area contributed by atoms with Crippen molar-refractivity contribution in [3.63, 3.8) is 0 Å². The van der Waals surface area contributed by atoms with Gasteiger partial charge >= 0.3 is 0 Å². The Kier molecular flexibility index (Phi) is 4.38. The molecule has 0 spiro atoms. The molecule has 1 aromatic rings. The summed E-state index contributed by atoms with van der Waals surface area (Å²) in [7, 11) is 0. The van der Waals surface area contributed by atoms with Crippen LogP contribution in [0.1, 0.15) is 19.8 Å². The molecule has 104 valence electrons. The number of carbonyl (C=O) groups excluding carboxylic acids is 1. The highest BCUT2D eigenvalue weighted by molar-refractivity contribution is 5.77. The van der Waals surface area contributed by atoms with Crippen LogP contribution in [-0.4, -0.2) is 42.1 Å². The third-order valence-electron chi connectivity index (χ3n) is 2.92. The maximum atomic E-state index is 11.3. The molecule has 7 heteroatoms. The molecule has 0 atom stereocenters. The van der Waals surface area contributed by atoms with Crippen LogP contribution in [0.4, 0.5) is 17.6 Å². The maximum Gasteiger partial charge on any atom is 0.223 e. The minimum Gasteiger partial charge on any atom is -0.370 e. The van der Waals surface area contributed by atoms with Gasteiger partial charge in [0.15, 0.2) is 0 Å². The van der Waals surface area contributed by atoms with Gasteiger partial charge in [-0.15, -0.1) is 0 Å². The van der Waals surface area contributed by atoms with Gasteiger partial charge in [-0.05, 0) is 6.42 Å². The number of hydrogen-bond donors (Lipinski definition) is 3. The summed E-state index contributed by atoms with van der Waals surface area (Å²) in [6.07, 6.45) is 1.49. The molecule has 7 nitrogen and oxygen atoms in total. The molecule has 0 aromatic carbocycles. The van der Waals surface area contributed by atoms with E-state index < -0.39 is 0 Å². The van der Waals surface area contributed by atoms with Gasteiger partial charge in [0.1, 0.15) is 11.6 Å². The molecule has 1 amide bonds. The predicted octanol–water partition coefficient (Wildman–Crippen LogP) is 0.207. The van der Waals surface area contributed by atoms with E-state index in [-0.39, 0.29) is 11.9 Å². The van der Waals surface area contributed by atoms with Crippen molar-refractivity contribution >= 4 is 23.5 Å². The van der Waals surface area contributed by atoms with Gasteiger partial charge in [-0.3, -0.25) is 4.79 Å². The summed E-state index contributed by atoms with van der Waals surface area (Å²) >= 11 is 0. The molecule has 1 aliphatic heterocycles. The van der Waals surface area contributed by atoms with Crippen molar-refractivity contribution in [1.29, 1.82) is 0 Å². The fraction of sp³-hybridized carbons (Fsp3) is 0.583. The Bertz CT molecular complexity index is 450. The van der Waals surface area contributed by atoms with Crippen LogP contribution in [0.25, 0.3) is 0 Å². The lowest BCUT2D eigenvalue weighted by atomic mass is 10.3. The third-order valence-corrected chi connectivity index (χ3v) is 2.92. The average Bonchev–Trinajstić information content (AvgIpc) is 2.60. The molecule has 0 saturated carbocycles. The number of hydrogen-bond acceptors (Lipinski definition) is 6. The summed E-state index contributed by atoms with van der Waals surface area (Å²) in [5, 5.41) is 6.04. The largest absolute Gasteiger partial charge is 0.370 e. The van der Waals surface area contributed by atoms with Crippen molar-refractivity contribution in [3.8, 4) is 0 Å². The van der Waals surface area contributed by atoms with Crippen molar-refractivity contribution in [2.45, 2.75) is 19.8 Å². The van der Waals surface area contributed by atoms with E-state index >= 15 is 0 Å². The van der Waals surface area contributed by atoms with E-state index in [1.807, 2.05) is 11.0 Å². The van der Waals surface area contributed by atoms with Crippen LogP contribution >= 0.6 is 0 Å². The Hall–Kier alpha value is -2.05. The van der Waals surface area contributed by atoms with E-state index in [0.717, 1.165) is 31.1 Å². The van der Waals surface area contributed by atoms with Crippen molar-refractivity contribution in [2.24, 2.45) is 0 Å². The van der Waals surface area contributed by atoms with Crippen LogP contribution < -0.4 is 21.3 Å². The summed E-state index contributed by atoms with van der Waals surface area (Å²) in [5.74, 6) is 1.82. The monoisotopic (exact) mass is 264 g/mol. The fourth-order valence-corrected chi connectivity index (χ4v) is 1.95. The predicted molar refractivity (Wildman–Crippen MR) is 75.1 cm³/mol. The standard InChI is InChI=1S/C12H20N6O/c1-2-4-14-9-8-10(17-12(13)16-9)18-6-3-11(19)15-5-7-18/h8H,2-7H2,1H3,(H,15,19)(H3,13,14,16,17). The second kappa shape index (κ2) is 6.21. The average molecular weight is 264 g/mol. The zero-order valence-electron chi connectivity index (χ0n) is 11.1. The summed E-state index contributed by atoms with van der Waals surface area (Å²) in [6, 6.07) is 1.88. The Morgan fingerprint density at radius 3 is 3.11 bits per heavy atom. The highest BCUT2D eigenvalue weighted by atomic mass is 16.1. The second-order valence-corrected chi connectivity index (χ2v) is 4.48. The third kappa shape index (κ3) is 3.70. The molecule has 1 aliphatic rings. The van der Waals surface area contributed by atoms with Gasteiger partial charge in [-0.1, -0.05) is 6.92 Å². The molecule has 1 aromatic heterocycles. The lowest BCUT2D eigenvalue weighted by Gasteiger charge is -2.21. The van der Waals surface area contributed by atoms with Gasteiger partial charge in [-0.25, -0.2) is 0 Å². The molecule has 2 heterocycles. The van der Waals surface area contributed by atoms with Gasteiger partial charge in [0, 0.05) is 38.7 Å². The Balaban J connectivity index is 2.13. The van der Waals surface area contributed by atoms with E-state index in [1.165, 1.54) is 0 Å². The van der Waals surface area contributed by atoms with Crippen LogP contribution in [0, 0.1) is 0 Å². The summed E-state index contributed by atoms with van der Waals surface area (Å²) in [5.41, 5.74) is 5.73. The van der Waals surface area contributed by atoms with Crippen LogP contribution in [0.15, 0.2) is 6.07 Å². The highest BCUT2D eigenvalue weighted by Crippen LogP contribution is 2.17. The molecule has 0 unspecified atom stereocenters. The van der Waals surface area contributed by atoms with Gasteiger partial charge in [0.25, 0.3) is 0 Å². The van der Waals surface area contributed by atoms with E-state index in [0.29, 0.717) is 19.5 Å². The Morgan fingerprint density at radius 1 is 1.47 bits per heavy atom. The first-order valence-corrected chi connectivity index (χ1v) is 6.59. The first-order chi connectivity index (χ1) is 9.19. The number of nitrogens with one attached hydrogen (secondary N) is 2. The topological polar surface area (TPSA) is 96.2 Å². The van der Waals surface area contributed by atoms with Gasteiger partial charge in [-0.2, -0.15) is 9.97 Å². The van der Waals surface area contributed by atoms with Crippen LogP contribution in [0.3, 0.4) is 0 Å². The molecule has 2 rings (SSSR count). The summed E-state index contributed by atoms with van der Waals surface area (Å²) in [4.78, 5) is 21.8. The van der Waals surface area contributed by atoms with Crippen molar-refractivity contribution in [2.75, 3.05) is 42.1 Å². The second-order valence-electron chi connectivity index (χ2n) is 4.48. The van der Waals surface area contributed by atoms with Gasteiger partial charge < -0.3 is 21.3 Å². The number of nitrogens with zero attached hydrogens (tertiary/aromatic N) is 3. The molecule has 1 fully saturated rings. The minimum atomic E-state index is 0.0776. The van der Waals surface area contributed by atoms with Crippen molar-refractivity contribution in [3.05, 3.63) is 6.07 Å². The number of nitrogen functional groups attached to an aromatic ring is 1. The molecule has 19 heavy (non-hydrogen) atoms. The molecular formula is C12H20N6O. The molecule has 4 N–H and O–H groups in total. The van der Waals surface area contributed by atoms with Crippen molar-refractivity contribution < 1.29 is 4.79 Å². The lowest BCUT2D eigenvalue weighted by molar-refractivity contribution is -0.120. The number of rotatable bonds is 4. The lowest BCUT2D eigenvalue weighted by Crippen LogP contribution is -2.29. The van der Waals surface area contributed by atoms with Gasteiger partial charge in [0.05, 0.1) is 0 Å². The maximum absolute atomic E-state index is 11.3. The number of nitrogens with two attached hydrogens (primary N) is 1. The first kappa shape index (κ1) is 13.4. The van der Waals surface area contributed by atoms with E-state index in [1.54, 1.807) is 0 Å². The van der Waals surface area contributed by atoms with E-state index in [2.05, 4.69) is 27.5 Å². The molecule has 1 saturated heterocycles. The minimum absolute atomic E-state index is 0.0776. The van der Waals surface area contributed by atoms with Crippen LogP contribution in [0.2, 0.25) is 0 Å². The quantitative estimate of drug-likeness (QED) is 0.719. The van der Waals surface area contributed by atoms with E-state index in [4.69, 9.17) is 5.73 Å². The zero-order chi connectivity index (χ0) is 13.7. The number of aromatic nitrogens is 2. The first-order valence-electron chi connectivity index (χ1n) is 6.59. The van der Waals surface area contributed by atoms with E-state index in [9.17, 15) is 4.79 Å². The fourth-order valence-electron chi connectivity index (χ4n) is 1.95. The zero-order valence-corrected chi connectivity index (χ0v) is 11.1. The Labute approximate surface area is 112 Å².